The van der Waals surface area contributed by atoms with E-state index in [9.17, 15) is 0 Å². The van der Waals surface area contributed by atoms with Gasteiger partial charge in [0.05, 0.1) is 0 Å². The molecule has 1 aromatic carbocycles. The predicted molar refractivity (Wildman–Crippen MR) is 37.3 cm³/mol. The van der Waals surface area contributed by atoms with E-state index in [1.165, 1.54) is 0 Å². The Hall–Kier alpha value is 0.123. The molecule has 0 aliphatic carbocycles. The van der Waals surface area contributed by atoms with Crippen LogP contribution in [0.4, 0.5) is 0 Å². The van der Waals surface area contributed by atoms with Gasteiger partial charge in [0, 0.05) is 30.8 Å². The van der Waals surface area contributed by atoms with Crippen molar-refractivity contribution in [3.05, 3.63) is 36.4 Å². The van der Waals surface area contributed by atoms with Gasteiger partial charge in [0.1, 0.15) is 0 Å². The summed E-state index contributed by atoms with van der Waals surface area (Å²) >= 11 is 0. The molecule has 0 saturated heterocycles. The van der Waals surface area contributed by atoms with Crippen LogP contribution in [0.15, 0.2) is 30.3 Å². The second-order valence-electron chi connectivity index (χ2n) is 1.33. The van der Waals surface area contributed by atoms with Crippen molar-refractivity contribution in [1.29, 1.82) is 0 Å². The maximum Gasteiger partial charge on any atom is 0.692 e. The second kappa shape index (κ2) is 10.1. The normalized spacial score (nSPS) is 6.73. The molecular formula is C6H7O3PZr. The van der Waals surface area contributed by atoms with Crippen LogP contribution in [0.25, 0.3) is 0 Å². The molecule has 11 heavy (non-hydrogen) atoms. The summed E-state index contributed by atoms with van der Waals surface area (Å²) in [6, 6.07) is 12.5. The second-order valence-corrected chi connectivity index (χ2v) is 1.84. The summed E-state index contributed by atoms with van der Waals surface area (Å²) in [7, 11) is -2.87. The Morgan fingerprint density at radius 3 is 1.55 bits per heavy atom. The van der Waals surface area contributed by atoms with Gasteiger partial charge >= 0.3 is 8.25 Å². The van der Waals surface area contributed by atoms with Gasteiger partial charge in [-0.15, -0.1) is 9.79 Å². The minimum Gasteiger partial charge on any atom is -0.184 e. The molecule has 0 bridgehead atoms. The fraction of sp³-hybridized carbons (Fsp3) is 0. The van der Waals surface area contributed by atoms with Crippen LogP contribution in [0.3, 0.4) is 0 Å². The molecule has 1 rings (SSSR count). The maximum absolute atomic E-state index is 8.70. The number of rotatable bonds is 0. The fourth-order valence-electron chi connectivity index (χ4n) is 0.342. The van der Waals surface area contributed by atoms with Crippen LogP contribution >= 0.6 is 8.25 Å². The number of hydrogen-bond acceptors (Lipinski definition) is 1. The molecule has 0 heterocycles. The molecule has 1 aromatic rings. The van der Waals surface area contributed by atoms with Crippen LogP contribution in [0.2, 0.25) is 0 Å². The van der Waals surface area contributed by atoms with Gasteiger partial charge < -0.3 is 0 Å². The van der Waals surface area contributed by atoms with Gasteiger partial charge in [-0.2, -0.15) is 36.4 Å². The van der Waals surface area contributed by atoms with Crippen molar-refractivity contribution >= 4 is 8.25 Å². The SMILES string of the molecule is O=[P+](O)O.[Zr].[c-]1ccccc1. The molecule has 0 fully saturated rings. The molecule has 0 saturated carbocycles. The minimum atomic E-state index is -2.87. The zero-order chi connectivity index (χ0) is 7.82. The summed E-state index contributed by atoms with van der Waals surface area (Å²) in [6.45, 7) is 0. The molecular weight excluding hydrogens is 242 g/mol. The van der Waals surface area contributed by atoms with Crippen molar-refractivity contribution in [2.24, 2.45) is 0 Å². The summed E-state index contributed by atoms with van der Waals surface area (Å²) in [5.41, 5.74) is 0. The van der Waals surface area contributed by atoms with E-state index in [1.807, 2.05) is 30.3 Å². The third-order valence-corrected chi connectivity index (χ3v) is 0.607. The van der Waals surface area contributed by atoms with Crippen molar-refractivity contribution in [2.75, 3.05) is 0 Å². The average molecular weight is 249 g/mol. The Morgan fingerprint density at radius 1 is 1.09 bits per heavy atom. The Labute approximate surface area is 85.2 Å². The van der Waals surface area contributed by atoms with Crippen LogP contribution in [-0.2, 0) is 30.8 Å². The Bertz CT molecular complexity index is 150. The molecule has 58 valence electrons. The number of benzene rings is 1. The summed E-state index contributed by atoms with van der Waals surface area (Å²) in [4.78, 5) is 14.2. The molecule has 0 aromatic heterocycles. The molecule has 2 N–H and O–H groups in total. The summed E-state index contributed by atoms with van der Waals surface area (Å²) in [6.07, 6.45) is 0. The quantitative estimate of drug-likeness (QED) is 0.535. The van der Waals surface area contributed by atoms with Crippen molar-refractivity contribution in [3.63, 3.8) is 0 Å². The summed E-state index contributed by atoms with van der Waals surface area (Å²) in [5.74, 6) is 0. The molecule has 3 nitrogen and oxygen atoms in total. The zero-order valence-electron chi connectivity index (χ0n) is 5.64. The topological polar surface area (TPSA) is 57.5 Å². The van der Waals surface area contributed by atoms with Crippen LogP contribution in [-0.4, -0.2) is 9.79 Å². The molecule has 0 aliphatic heterocycles. The first-order valence-corrected chi connectivity index (χ1v) is 3.66. The molecule has 5 heteroatoms. The summed E-state index contributed by atoms with van der Waals surface area (Å²) < 4.78 is 8.70. The molecule has 0 atom stereocenters. The average Bonchev–Trinajstić information content (AvgIpc) is 1.90. The van der Waals surface area contributed by atoms with E-state index in [-0.39, 0.29) is 26.2 Å². The zero-order valence-corrected chi connectivity index (χ0v) is 8.99. The first-order chi connectivity index (χ1) is 4.73. The van der Waals surface area contributed by atoms with Gasteiger partial charge in [-0.3, -0.25) is 0 Å². The van der Waals surface area contributed by atoms with Gasteiger partial charge in [0.2, 0.25) is 0 Å². The van der Waals surface area contributed by atoms with Crippen molar-refractivity contribution in [1.82, 2.24) is 0 Å². The third-order valence-electron chi connectivity index (χ3n) is 0.607. The van der Waals surface area contributed by atoms with Crippen molar-refractivity contribution in [2.45, 2.75) is 0 Å². The largest absolute Gasteiger partial charge is 0.692 e. The van der Waals surface area contributed by atoms with E-state index < -0.39 is 8.25 Å². The van der Waals surface area contributed by atoms with Gasteiger partial charge in [-0.25, -0.2) is 0 Å². The van der Waals surface area contributed by atoms with Crippen molar-refractivity contribution in [3.8, 4) is 0 Å². The van der Waals surface area contributed by atoms with Gasteiger partial charge in [0.15, 0.2) is 0 Å². The Morgan fingerprint density at radius 2 is 1.45 bits per heavy atom. The van der Waals surface area contributed by atoms with E-state index in [0.717, 1.165) is 0 Å². The number of hydrogen-bond donors (Lipinski definition) is 2. The van der Waals surface area contributed by atoms with Crippen LogP contribution in [0.1, 0.15) is 0 Å². The molecule has 0 unspecified atom stereocenters. The first kappa shape index (κ1) is 13.7. The molecule has 0 radical (unpaired) electrons. The molecule has 0 aliphatic rings. The van der Waals surface area contributed by atoms with Crippen LogP contribution in [0.5, 0.6) is 0 Å². The standard InChI is InChI=1S/C6H5.HO3P.Zr/c1-2-4-6-5-3-1;1-4(2)3;/h1-5H;(H-,1,2,3);/q-1;;/p+1. The van der Waals surface area contributed by atoms with E-state index in [4.69, 9.17) is 14.4 Å². The van der Waals surface area contributed by atoms with Crippen LogP contribution < -0.4 is 0 Å². The maximum atomic E-state index is 8.70. The molecule has 0 amide bonds. The van der Waals surface area contributed by atoms with Gasteiger partial charge in [0.25, 0.3) is 0 Å². The van der Waals surface area contributed by atoms with E-state index >= 15 is 0 Å². The first-order valence-electron chi connectivity index (χ1n) is 2.49. The third kappa shape index (κ3) is 17.8. The Kier molecular flexibility index (Phi) is 12.6. The smallest absolute Gasteiger partial charge is 0.184 e. The van der Waals surface area contributed by atoms with E-state index in [1.54, 1.807) is 0 Å². The van der Waals surface area contributed by atoms with Gasteiger partial charge in [-0.05, 0) is 0 Å². The fourth-order valence-corrected chi connectivity index (χ4v) is 0.342. The summed E-state index contributed by atoms with van der Waals surface area (Å²) in [5, 5.41) is 0. The Balaban J connectivity index is 0. The van der Waals surface area contributed by atoms with Crippen LogP contribution in [0, 0.1) is 6.07 Å². The molecule has 0 spiro atoms. The van der Waals surface area contributed by atoms with E-state index in [0.29, 0.717) is 0 Å². The minimum absolute atomic E-state index is 0. The van der Waals surface area contributed by atoms with E-state index in [2.05, 4.69) is 6.07 Å². The van der Waals surface area contributed by atoms with Gasteiger partial charge in [-0.1, -0.05) is 0 Å². The van der Waals surface area contributed by atoms with Crippen molar-refractivity contribution < 1.29 is 40.6 Å². The predicted octanol–water partition coefficient (Wildman–Crippen LogP) is 1.11. The monoisotopic (exact) mass is 248 g/mol.